The number of allylic oxidation sites excluding steroid dienone is 2. The average molecular weight is 549 g/mol. The monoisotopic (exact) mass is 548 g/mol. The minimum Gasteiger partial charge on any atom is -0.493 e. The van der Waals surface area contributed by atoms with Crippen molar-refractivity contribution in [3.8, 4) is 17.2 Å². The van der Waals surface area contributed by atoms with Crippen molar-refractivity contribution < 1.29 is 23.7 Å². The fourth-order valence-electron chi connectivity index (χ4n) is 5.74. The maximum Gasteiger partial charge on any atom is 0.243 e. The molecule has 1 saturated heterocycles. The lowest BCUT2D eigenvalue weighted by Crippen LogP contribution is -2.41. The van der Waals surface area contributed by atoms with Crippen LogP contribution in [0.5, 0.6) is 17.2 Å². The second kappa shape index (κ2) is 12.5. The smallest absolute Gasteiger partial charge is 0.243 e. The van der Waals surface area contributed by atoms with Crippen molar-refractivity contribution in [2.75, 3.05) is 53.7 Å². The standard InChI is InChI=1S/C33H44N2O5/c1-8-10-27-25(9-2)33(31(36)34-27,24-12-14-29(37-6)30(22-24)38-7)26-21-23(32(3,4)5)11-13-28(26)40-20-17-35-15-18-39-19-16-35/h8,10-14,21-22H,9,15-20H2,1-7H3,(H,34,36)/b10-8-. The van der Waals surface area contributed by atoms with Gasteiger partial charge < -0.3 is 24.3 Å². The molecule has 7 heteroatoms. The van der Waals surface area contributed by atoms with Crippen molar-refractivity contribution >= 4 is 5.91 Å². The molecule has 4 rings (SSSR count). The Morgan fingerprint density at radius 3 is 2.35 bits per heavy atom. The third kappa shape index (κ3) is 5.63. The van der Waals surface area contributed by atoms with Crippen molar-refractivity contribution in [2.24, 2.45) is 0 Å². The first-order valence-corrected chi connectivity index (χ1v) is 14.2. The van der Waals surface area contributed by atoms with Crippen molar-refractivity contribution in [1.82, 2.24) is 10.2 Å². The summed E-state index contributed by atoms with van der Waals surface area (Å²) in [6.45, 7) is 15.2. The summed E-state index contributed by atoms with van der Waals surface area (Å²) in [6, 6.07) is 12.1. The molecule has 2 heterocycles. The molecule has 216 valence electrons. The summed E-state index contributed by atoms with van der Waals surface area (Å²) in [4.78, 5) is 16.8. The van der Waals surface area contributed by atoms with Crippen molar-refractivity contribution in [2.45, 2.75) is 51.9 Å². The fourth-order valence-corrected chi connectivity index (χ4v) is 5.74. The summed E-state index contributed by atoms with van der Waals surface area (Å²) in [5.74, 6) is 1.79. The van der Waals surface area contributed by atoms with E-state index in [0.29, 0.717) is 30.3 Å². The molecule has 0 aliphatic carbocycles. The normalized spacial score (nSPS) is 20.2. The number of ether oxygens (including phenoxy) is 4. The van der Waals surface area contributed by atoms with E-state index in [1.807, 2.05) is 43.3 Å². The highest BCUT2D eigenvalue weighted by Gasteiger charge is 2.52. The van der Waals surface area contributed by atoms with Gasteiger partial charge in [-0.05, 0) is 65.8 Å². The number of rotatable bonds is 10. The van der Waals surface area contributed by atoms with Crippen molar-refractivity contribution in [3.63, 3.8) is 0 Å². The lowest BCUT2D eigenvalue weighted by Gasteiger charge is -2.34. The number of nitrogens with one attached hydrogen (secondary N) is 1. The first kappa shape index (κ1) is 29.7. The Balaban J connectivity index is 1.95. The van der Waals surface area contributed by atoms with Crippen LogP contribution in [-0.2, 0) is 20.4 Å². The molecule has 1 atom stereocenters. The zero-order chi connectivity index (χ0) is 28.9. The quantitative estimate of drug-likeness (QED) is 0.431. The van der Waals surface area contributed by atoms with Gasteiger partial charge >= 0.3 is 0 Å². The first-order valence-electron chi connectivity index (χ1n) is 14.2. The summed E-state index contributed by atoms with van der Waals surface area (Å²) < 4.78 is 23.3. The molecule has 2 aliphatic rings. The second-order valence-corrected chi connectivity index (χ2v) is 11.3. The van der Waals surface area contributed by atoms with E-state index < -0.39 is 5.41 Å². The van der Waals surface area contributed by atoms with E-state index in [9.17, 15) is 4.79 Å². The van der Waals surface area contributed by atoms with Gasteiger partial charge in [0, 0.05) is 30.9 Å². The number of hydrogen-bond donors (Lipinski definition) is 1. The van der Waals surface area contributed by atoms with Crippen LogP contribution in [-0.4, -0.2) is 64.5 Å². The third-order valence-electron chi connectivity index (χ3n) is 7.89. The van der Waals surface area contributed by atoms with Gasteiger partial charge in [0.1, 0.15) is 17.8 Å². The van der Waals surface area contributed by atoms with Crippen LogP contribution in [0, 0.1) is 0 Å². The molecule has 0 radical (unpaired) electrons. The van der Waals surface area contributed by atoms with E-state index >= 15 is 0 Å². The molecule has 7 nitrogen and oxygen atoms in total. The average Bonchev–Trinajstić information content (AvgIpc) is 3.24. The molecule has 0 aromatic heterocycles. The van der Waals surface area contributed by atoms with Gasteiger partial charge in [0.15, 0.2) is 11.5 Å². The zero-order valence-corrected chi connectivity index (χ0v) is 25.1. The summed E-state index contributed by atoms with van der Waals surface area (Å²) in [5, 5.41) is 3.21. The highest BCUT2D eigenvalue weighted by molar-refractivity contribution is 6.01. The van der Waals surface area contributed by atoms with E-state index in [2.05, 4.69) is 50.0 Å². The van der Waals surface area contributed by atoms with Gasteiger partial charge in [-0.15, -0.1) is 0 Å². The molecule has 2 aromatic rings. The summed E-state index contributed by atoms with van der Waals surface area (Å²) >= 11 is 0. The predicted molar refractivity (Wildman–Crippen MR) is 158 cm³/mol. The van der Waals surface area contributed by atoms with Crippen LogP contribution in [0.3, 0.4) is 0 Å². The molecular formula is C33H44N2O5. The number of carbonyl (C=O) groups is 1. The first-order chi connectivity index (χ1) is 19.2. The van der Waals surface area contributed by atoms with Gasteiger partial charge in [-0.3, -0.25) is 9.69 Å². The van der Waals surface area contributed by atoms with Crippen LogP contribution in [0.4, 0.5) is 0 Å². The molecule has 1 fully saturated rings. The highest BCUT2D eigenvalue weighted by atomic mass is 16.5. The lowest BCUT2D eigenvalue weighted by molar-refractivity contribution is -0.122. The molecule has 1 amide bonds. The molecule has 0 spiro atoms. The van der Waals surface area contributed by atoms with Crippen molar-refractivity contribution in [1.29, 1.82) is 0 Å². The lowest BCUT2D eigenvalue weighted by atomic mass is 9.67. The van der Waals surface area contributed by atoms with Gasteiger partial charge in [-0.1, -0.05) is 45.9 Å². The number of carbonyl (C=O) groups excluding carboxylic acids is 1. The van der Waals surface area contributed by atoms with Crippen LogP contribution in [0.15, 0.2) is 59.8 Å². The van der Waals surface area contributed by atoms with Crippen molar-refractivity contribution in [3.05, 3.63) is 76.5 Å². The maximum absolute atomic E-state index is 14.4. The number of morpholine rings is 1. The van der Waals surface area contributed by atoms with Crippen LogP contribution >= 0.6 is 0 Å². The molecule has 2 aliphatic heterocycles. The Morgan fingerprint density at radius 2 is 1.73 bits per heavy atom. The number of methoxy groups -OCH3 is 2. The topological polar surface area (TPSA) is 69.3 Å². The van der Waals surface area contributed by atoms with Gasteiger partial charge in [0.25, 0.3) is 0 Å². The third-order valence-corrected chi connectivity index (χ3v) is 7.89. The van der Waals surface area contributed by atoms with E-state index in [0.717, 1.165) is 60.8 Å². The molecule has 40 heavy (non-hydrogen) atoms. The van der Waals surface area contributed by atoms with Crippen LogP contribution in [0.2, 0.25) is 0 Å². The fraction of sp³-hybridized carbons (Fsp3) is 0.485. The Morgan fingerprint density at radius 1 is 1.02 bits per heavy atom. The molecule has 0 bridgehead atoms. The molecule has 1 N–H and O–H groups in total. The summed E-state index contributed by atoms with van der Waals surface area (Å²) in [5.41, 5.74) is 3.35. The van der Waals surface area contributed by atoms with Gasteiger partial charge in [0.05, 0.1) is 27.4 Å². The van der Waals surface area contributed by atoms with E-state index in [-0.39, 0.29) is 11.3 Å². The minimum atomic E-state index is -1.11. The Kier molecular flexibility index (Phi) is 9.26. The summed E-state index contributed by atoms with van der Waals surface area (Å²) in [7, 11) is 3.23. The highest BCUT2D eigenvalue weighted by Crippen LogP contribution is 2.51. The number of nitrogens with zero attached hydrogens (tertiary/aromatic N) is 1. The van der Waals surface area contributed by atoms with Crippen LogP contribution in [0.25, 0.3) is 0 Å². The second-order valence-electron chi connectivity index (χ2n) is 11.3. The minimum absolute atomic E-state index is 0.103. The molecule has 2 aromatic carbocycles. The predicted octanol–water partition coefficient (Wildman–Crippen LogP) is 5.37. The van der Waals surface area contributed by atoms with Crippen LogP contribution in [0.1, 0.15) is 57.7 Å². The zero-order valence-electron chi connectivity index (χ0n) is 25.1. The summed E-state index contributed by atoms with van der Waals surface area (Å²) in [6.07, 6.45) is 4.60. The van der Waals surface area contributed by atoms with Gasteiger partial charge in [-0.2, -0.15) is 0 Å². The SMILES string of the molecule is C/C=C\C1=C(CC)C(c2ccc(OC)c(OC)c2)(c2cc(C(C)(C)C)ccc2OCCN2CCOCC2)C(=O)N1. The van der Waals surface area contributed by atoms with E-state index in [1.54, 1.807) is 14.2 Å². The van der Waals surface area contributed by atoms with Gasteiger partial charge in [0.2, 0.25) is 5.91 Å². The number of benzene rings is 2. The molecular weight excluding hydrogens is 504 g/mol. The maximum atomic E-state index is 14.4. The Hall–Kier alpha value is -3.29. The number of hydrogen-bond acceptors (Lipinski definition) is 6. The van der Waals surface area contributed by atoms with Crippen LogP contribution < -0.4 is 19.5 Å². The van der Waals surface area contributed by atoms with E-state index in [4.69, 9.17) is 18.9 Å². The molecule has 1 unspecified atom stereocenters. The largest absolute Gasteiger partial charge is 0.493 e. The van der Waals surface area contributed by atoms with Gasteiger partial charge in [-0.25, -0.2) is 0 Å². The molecule has 0 saturated carbocycles. The number of amides is 1. The Bertz CT molecular complexity index is 1270. The van der Waals surface area contributed by atoms with E-state index in [1.165, 1.54) is 0 Å². The Labute approximate surface area is 239 Å².